The van der Waals surface area contributed by atoms with Crippen LogP contribution in [0.3, 0.4) is 0 Å². The normalized spacial score (nSPS) is 12.0. The molecule has 0 radical (unpaired) electrons. The second-order valence-corrected chi connectivity index (χ2v) is 9.80. The average Bonchev–Trinajstić information content (AvgIpc) is 2.74. The van der Waals surface area contributed by atoms with E-state index in [9.17, 15) is 13.7 Å². The molecular formula is C23H19ClN2O2S2. The Morgan fingerprint density at radius 2 is 1.73 bits per heavy atom. The molecule has 0 unspecified atom stereocenters. The monoisotopic (exact) mass is 454 g/mol. The van der Waals surface area contributed by atoms with Gasteiger partial charge >= 0.3 is 0 Å². The van der Waals surface area contributed by atoms with Gasteiger partial charge in [-0.05, 0) is 54.4 Å². The molecule has 0 saturated carbocycles. The first-order chi connectivity index (χ1) is 14.4. The molecule has 3 rings (SSSR count). The van der Waals surface area contributed by atoms with Crippen molar-refractivity contribution in [2.45, 2.75) is 17.6 Å². The Labute approximate surface area is 186 Å². The number of nitrogens with zero attached hydrogens (tertiary/aromatic N) is 1. The van der Waals surface area contributed by atoms with Crippen LogP contribution in [0.1, 0.15) is 11.1 Å². The molecule has 0 aromatic heterocycles. The van der Waals surface area contributed by atoms with Crippen molar-refractivity contribution in [2.24, 2.45) is 0 Å². The molecule has 4 nitrogen and oxygen atoms in total. The molecule has 0 fully saturated rings. The number of hydrogen-bond acceptors (Lipinski definition) is 5. The Bertz CT molecular complexity index is 1200. The molecule has 0 heterocycles. The smallest absolute Gasteiger partial charge is 0.219 e. The predicted octanol–water partition coefficient (Wildman–Crippen LogP) is 6.16. The highest BCUT2D eigenvalue weighted by Gasteiger charge is 2.25. The van der Waals surface area contributed by atoms with Gasteiger partial charge in [0.25, 0.3) is 0 Å². The van der Waals surface area contributed by atoms with E-state index < -0.39 is 9.84 Å². The molecule has 0 amide bonds. The van der Waals surface area contributed by atoms with Crippen molar-refractivity contribution in [3.05, 3.63) is 105 Å². The molecular weight excluding hydrogens is 436 g/mol. The third-order valence-electron chi connectivity index (χ3n) is 4.20. The molecule has 3 aromatic rings. The molecule has 3 aromatic carbocycles. The zero-order valence-electron chi connectivity index (χ0n) is 16.2. The van der Waals surface area contributed by atoms with Crippen LogP contribution in [0.15, 0.2) is 93.7 Å². The fraction of sp³-hybridized carbons (Fsp3) is 0.0870. The predicted molar refractivity (Wildman–Crippen MR) is 124 cm³/mol. The Morgan fingerprint density at radius 3 is 2.37 bits per heavy atom. The molecule has 1 N–H and O–H groups in total. The minimum Gasteiger partial charge on any atom is -0.349 e. The van der Waals surface area contributed by atoms with Gasteiger partial charge in [-0.3, -0.25) is 0 Å². The maximum Gasteiger partial charge on any atom is 0.219 e. The van der Waals surface area contributed by atoms with Gasteiger partial charge in [-0.2, -0.15) is 5.26 Å². The number of rotatable bonds is 7. The number of allylic oxidation sites excluding steroid dienone is 1. The van der Waals surface area contributed by atoms with Crippen molar-refractivity contribution in [3.8, 4) is 6.07 Å². The zero-order valence-corrected chi connectivity index (χ0v) is 18.6. The van der Waals surface area contributed by atoms with E-state index in [1.165, 1.54) is 23.9 Å². The van der Waals surface area contributed by atoms with E-state index in [1.54, 1.807) is 30.3 Å². The summed E-state index contributed by atoms with van der Waals surface area (Å²) >= 11 is 7.21. The largest absolute Gasteiger partial charge is 0.349 e. The lowest BCUT2D eigenvalue weighted by molar-refractivity contribution is 0.603. The number of nitriles is 1. The minimum atomic E-state index is -3.98. The fourth-order valence-corrected chi connectivity index (χ4v) is 5.37. The summed E-state index contributed by atoms with van der Waals surface area (Å²) in [4.78, 5) is -0.230. The highest BCUT2D eigenvalue weighted by atomic mass is 35.5. The molecule has 0 spiro atoms. The molecule has 30 heavy (non-hydrogen) atoms. The van der Waals surface area contributed by atoms with E-state index in [2.05, 4.69) is 5.32 Å². The number of sulfone groups is 1. The van der Waals surface area contributed by atoms with Crippen LogP contribution in [0.2, 0.25) is 5.02 Å². The summed E-state index contributed by atoms with van der Waals surface area (Å²) in [5, 5.41) is 13.9. The third kappa shape index (κ3) is 5.45. The number of halogens is 1. The van der Waals surface area contributed by atoms with Gasteiger partial charge in [0.2, 0.25) is 9.84 Å². The van der Waals surface area contributed by atoms with Crippen molar-refractivity contribution < 1.29 is 8.42 Å². The summed E-state index contributed by atoms with van der Waals surface area (Å²) in [6.07, 6.45) is 0. The van der Waals surface area contributed by atoms with E-state index in [0.29, 0.717) is 16.5 Å². The Morgan fingerprint density at radius 1 is 1.03 bits per heavy atom. The molecule has 0 atom stereocenters. The van der Waals surface area contributed by atoms with E-state index in [4.69, 9.17) is 11.6 Å². The first-order valence-corrected chi connectivity index (χ1v) is 11.9. The summed E-state index contributed by atoms with van der Waals surface area (Å²) in [6.45, 7) is 1.95. The van der Waals surface area contributed by atoms with E-state index in [1.807, 2.05) is 49.4 Å². The molecule has 0 aliphatic heterocycles. The SMILES string of the molecule is Cc1cccc(NC(SCc2ccc(Cl)cc2)=C(C#N)S(=O)(=O)c2ccccc2)c1. The number of aryl methyl sites for hydroxylation is 1. The van der Waals surface area contributed by atoms with Gasteiger partial charge in [0.05, 0.1) is 4.90 Å². The Kier molecular flexibility index (Phi) is 7.22. The molecule has 0 aliphatic rings. The maximum atomic E-state index is 13.2. The standard InChI is InChI=1S/C23H19ClN2O2S2/c1-17-6-5-7-20(14-17)26-23(29-16-18-10-12-19(24)13-11-18)22(15-25)30(27,28)21-8-3-2-4-9-21/h2-14,26H,16H2,1H3. The van der Waals surface area contributed by atoms with Gasteiger partial charge in [-0.1, -0.05) is 54.1 Å². The third-order valence-corrected chi connectivity index (χ3v) is 7.38. The van der Waals surface area contributed by atoms with Crippen LogP contribution < -0.4 is 5.32 Å². The fourth-order valence-electron chi connectivity index (χ4n) is 2.70. The number of anilines is 1. The molecule has 152 valence electrons. The van der Waals surface area contributed by atoms with Crippen LogP contribution in [-0.4, -0.2) is 8.42 Å². The lowest BCUT2D eigenvalue weighted by atomic mass is 10.2. The topological polar surface area (TPSA) is 70.0 Å². The summed E-state index contributed by atoms with van der Waals surface area (Å²) in [5.41, 5.74) is 2.69. The molecule has 0 aliphatic carbocycles. The van der Waals surface area contributed by atoms with E-state index >= 15 is 0 Å². The van der Waals surface area contributed by atoms with Gasteiger partial charge in [0.1, 0.15) is 11.1 Å². The average molecular weight is 455 g/mol. The maximum absolute atomic E-state index is 13.2. The number of thioether (sulfide) groups is 1. The van der Waals surface area contributed by atoms with Gasteiger partial charge in [-0.25, -0.2) is 8.42 Å². The quantitative estimate of drug-likeness (QED) is 0.433. The first kappa shape index (κ1) is 22.0. The lowest BCUT2D eigenvalue weighted by Gasteiger charge is -2.14. The van der Waals surface area contributed by atoms with Crippen molar-refractivity contribution >= 4 is 38.9 Å². The minimum absolute atomic E-state index is 0.0807. The Balaban J connectivity index is 2.03. The van der Waals surface area contributed by atoms with E-state index in [-0.39, 0.29) is 14.8 Å². The van der Waals surface area contributed by atoms with Crippen molar-refractivity contribution in [1.29, 1.82) is 5.26 Å². The second kappa shape index (κ2) is 9.86. The highest BCUT2D eigenvalue weighted by Crippen LogP contribution is 2.31. The van der Waals surface area contributed by atoms with E-state index in [0.717, 1.165) is 11.1 Å². The Hall–Kier alpha value is -2.72. The van der Waals surface area contributed by atoms with Crippen molar-refractivity contribution in [2.75, 3.05) is 5.32 Å². The van der Waals surface area contributed by atoms with Crippen molar-refractivity contribution in [1.82, 2.24) is 0 Å². The van der Waals surface area contributed by atoms with Crippen LogP contribution in [-0.2, 0) is 15.6 Å². The van der Waals surface area contributed by atoms with Gasteiger partial charge < -0.3 is 5.32 Å². The molecule has 7 heteroatoms. The van der Waals surface area contributed by atoms with Crippen molar-refractivity contribution in [3.63, 3.8) is 0 Å². The van der Waals surface area contributed by atoms with Gasteiger partial charge in [0.15, 0.2) is 4.91 Å². The first-order valence-electron chi connectivity index (χ1n) is 9.05. The lowest BCUT2D eigenvalue weighted by Crippen LogP contribution is -2.10. The van der Waals surface area contributed by atoms with Crippen LogP contribution in [0.4, 0.5) is 5.69 Å². The second-order valence-electron chi connectivity index (χ2n) is 6.50. The van der Waals surface area contributed by atoms with Crippen LogP contribution in [0, 0.1) is 18.3 Å². The van der Waals surface area contributed by atoms with Crippen LogP contribution in [0.5, 0.6) is 0 Å². The summed E-state index contributed by atoms with van der Waals surface area (Å²) < 4.78 is 26.3. The number of nitrogens with one attached hydrogen (secondary N) is 1. The number of benzene rings is 3. The summed E-state index contributed by atoms with van der Waals surface area (Å²) in [6, 6.07) is 24.7. The van der Waals surface area contributed by atoms with Gasteiger partial charge in [-0.15, -0.1) is 11.8 Å². The number of hydrogen-bond donors (Lipinski definition) is 1. The zero-order chi connectivity index (χ0) is 21.6. The van der Waals surface area contributed by atoms with Crippen LogP contribution in [0.25, 0.3) is 0 Å². The van der Waals surface area contributed by atoms with Gasteiger partial charge in [0, 0.05) is 16.5 Å². The summed E-state index contributed by atoms with van der Waals surface area (Å²) in [5.74, 6) is 0.473. The molecule has 0 bridgehead atoms. The summed E-state index contributed by atoms with van der Waals surface area (Å²) in [7, 11) is -3.98. The highest BCUT2D eigenvalue weighted by molar-refractivity contribution is 8.04. The van der Waals surface area contributed by atoms with Crippen LogP contribution >= 0.6 is 23.4 Å². The molecule has 0 saturated heterocycles.